The van der Waals surface area contributed by atoms with Gasteiger partial charge in [0.05, 0.1) is 11.4 Å². The fraction of sp³-hybridized carbons (Fsp3) is 0.250. The standard InChI is InChI=1S/C24H22N2O4/c1-15(27)29-21-13-7-3-9-17(21)23-24(26-20-12-6-5-11-19(20)25-23)18-10-4-8-14-22(18)30-16(2)28/h3-4,7-10,13-14H,5-6,11-12H2,1-2H3. The SMILES string of the molecule is CC(=O)Oc1ccccc1-c1nc2c(nc1-c1ccccc1OC(C)=O)CCCC2. The molecule has 6 heteroatoms. The van der Waals surface area contributed by atoms with E-state index in [4.69, 9.17) is 19.4 Å². The van der Waals surface area contributed by atoms with E-state index in [0.717, 1.165) is 37.1 Å². The highest BCUT2D eigenvalue weighted by molar-refractivity contribution is 5.86. The first kappa shape index (κ1) is 19.8. The maximum atomic E-state index is 11.6. The summed E-state index contributed by atoms with van der Waals surface area (Å²) < 4.78 is 10.9. The fourth-order valence-corrected chi connectivity index (χ4v) is 3.68. The van der Waals surface area contributed by atoms with Crippen molar-refractivity contribution in [3.63, 3.8) is 0 Å². The third-order valence-electron chi connectivity index (χ3n) is 4.92. The Labute approximate surface area is 174 Å². The molecule has 0 bridgehead atoms. The lowest BCUT2D eigenvalue weighted by Crippen LogP contribution is -2.12. The monoisotopic (exact) mass is 402 g/mol. The summed E-state index contributed by atoms with van der Waals surface area (Å²) in [7, 11) is 0. The molecular weight excluding hydrogens is 380 g/mol. The Morgan fingerprint density at radius 3 is 1.50 bits per heavy atom. The van der Waals surface area contributed by atoms with Crippen molar-refractivity contribution in [3.05, 3.63) is 59.9 Å². The number of carbonyl (C=O) groups is 2. The number of ether oxygens (including phenoxy) is 2. The van der Waals surface area contributed by atoms with Gasteiger partial charge in [-0.1, -0.05) is 24.3 Å². The van der Waals surface area contributed by atoms with E-state index in [2.05, 4.69) is 0 Å². The largest absolute Gasteiger partial charge is 0.426 e. The van der Waals surface area contributed by atoms with Gasteiger partial charge in [0, 0.05) is 25.0 Å². The highest BCUT2D eigenvalue weighted by atomic mass is 16.5. The molecule has 3 aromatic rings. The molecular formula is C24H22N2O4. The summed E-state index contributed by atoms with van der Waals surface area (Å²) in [6.45, 7) is 2.73. The molecule has 152 valence electrons. The average molecular weight is 402 g/mol. The molecule has 0 atom stereocenters. The predicted molar refractivity (Wildman–Crippen MR) is 112 cm³/mol. The second-order valence-corrected chi connectivity index (χ2v) is 7.20. The van der Waals surface area contributed by atoms with Crippen molar-refractivity contribution in [1.82, 2.24) is 9.97 Å². The molecule has 0 saturated carbocycles. The minimum Gasteiger partial charge on any atom is -0.426 e. The minimum atomic E-state index is -0.407. The van der Waals surface area contributed by atoms with E-state index in [-0.39, 0.29) is 0 Å². The number of esters is 2. The molecule has 6 nitrogen and oxygen atoms in total. The number of rotatable bonds is 4. The zero-order valence-corrected chi connectivity index (χ0v) is 17.0. The Morgan fingerprint density at radius 2 is 1.10 bits per heavy atom. The molecule has 1 aliphatic carbocycles. The quantitative estimate of drug-likeness (QED) is 0.471. The highest BCUT2D eigenvalue weighted by Crippen LogP contribution is 2.39. The molecule has 0 spiro atoms. The van der Waals surface area contributed by atoms with E-state index in [1.54, 1.807) is 24.3 Å². The zero-order valence-electron chi connectivity index (χ0n) is 17.0. The number of fused-ring (bicyclic) bond motifs is 1. The first-order valence-electron chi connectivity index (χ1n) is 9.98. The molecule has 2 aromatic carbocycles. The van der Waals surface area contributed by atoms with Crippen LogP contribution in [0, 0.1) is 0 Å². The first-order valence-corrected chi connectivity index (χ1v) is 9.98. The van der Waals surface area contributed by atoms with Gasteiger partial charge in [-0.15, -0.1) is 0 Å². The molecule has 0 amide bonds. The van der Waals surface area contributed by atoms with Crippen LogP contribution >= 0.6 is 0 Å². The van der Waals surface area contributed by atoms with Crippen molar-refractivity contribution in [3.8, 4) is 34.0 Å². The van der Waals surface area contributed by atoms with E-state index in [1.807, 2.05) is 24.3 Å². The van der Waals surface area contributed by atoms with Gasteiger partial charge in [-0.25, -0.2) is 9.97 Å². The molecule has 1 aliphatic rings. The Hall–Kier alpha value is -3.54. The van der Waals surface area contributed by atoms with Crippen molar-refractivity contribution in [2.24, 2.45) is 0 Å². The van der Waals surface area contributed by atoms with E-state index in [0.29, 0.717) is 34.0 Å². The number of aromatic nitrogens is 2. The molecule has 0 unspecified atom stereocenters. The Kier molecular flexibility index (Phi) is 5.57. The lowest BCUT2D eigenvalue weighted by Gasteiger charge is -2.20. The molecule has 4 rings (SSSR count). The number of aryl methyl sites for hydroxylation is 2. The van der Waals surface area contributed by atoms with Crippen LogP contribution in [0.1, 0.15) is 38.1 Å². The van der Waals surface area contributed by atoms with Crippen molar-refractivity contribution in [2.75, 3.05) is 0 Å². The van der Waals surface area contributed by atoms with Crippen molar-refractivity contribution in [2.45, 2.75) is 39.5 Å². The van der Waals surface area contributed by atoms with Gasteiger partial charge in [0.15, 0.2) is 0 Å². The van der Waals surface area contributed by atoms with Crippen molar-refractivity contribution >= 4 is 11.9 Å². The van der Waals surface area contributed by atoms with Gasteiger partial charge in [-0.3, -0.25) is 9.59 Å². The van der Waals surface area contributed by atoms with Crippen molar-refractivity contribution < 1.29 is 19.1 Å². The van der Waals surface area contributed by atoms with Gasteiger partial charge in [0.2, 0.25) is 0 Å². The summed E-state index contributed by atoms with van der Waals surface area (Å²) in [5, 5.41) is 0. The number of carbonyl (C=O) groups excluding carboxylic acids is 2. The first-order chi connectivity index (χ1) is 14.5. The van der Waals surface area contributed by atoms with Crippen LogP contribution in [0.2, 0.25) is 0 Å². The summed E-state index contributed by atoms with van der Waals surface area (Å²) in [5.41, 5.74) is 4.46. The number of hydrogen-bond acceptors (Lipinski definition) is 6. The van der Waals surface area contributed by atoms with E-state index < -0.39 is 11.9 Å². The van der Waals surface area contributed by atoms with E-state index in [9.17, 15) is 9.59 Å². The van der Waals surface area contributed by atoms with Crippen LogP contribution in [0.15, 0.2) is 48.5 Å². The second-order valence-electron chi connectivity index (χ2n) is 7.20. The Balaban J connectivity index is 1.97. The molecule has 0 aliphatic heterocycles. The molecule has 0 fully saturated rings. The van der Waals surface area contributed by atoms with Crippen LogP contribution in [0.4, 0.5) is 0 Å². The summed E-state index contributed by atoms with van der Waals surface area (Å²) in [6, 6.07) is 14.5. The van der Waals surface area contributed by atoms with Gasteiger partial charge in [-0.05, 0) is 49.9 Å². The number of benzene rings is 2. The van der Waals surface area contributed by atoms with Crippen molar-refractivity contribution in [1.29, 1.82) is 0 Å². The summed E-state index contributed by atoms with van der Waals surface area (Å²) in [4.78, 5) is 33.2. The van der Waals surface area contributed by atoms with Crippen LogP contribution in [0.3, 0.4) is 0 Å². The van der Waals surface area contributed by atoms with Gasteiger partial charge >= 0.3 is 11.9 Å². The summed E-state index contributed by atoms with van der Waals surface area (Å²) >= 11 is 0. The van der Waals surface area contributed by atoms with Crippen LogP contribution in [-0.4, -0.2) is 21.9 Å². The maximum Gasteiger partial charge on any atom is 0.308 e. The smallest absolute Gasteiger partial charge is 0.308 e. The number of hydrogen-bond donors (Lipinski definition) is 0. The third kappa shape index (κ3) is 4.08. The normalized spacial score (nSPS) is 12.7. The maximum absolute atomic E-state index is 11.6. The van der Waals surface area contributed by atoms with Crippen LogP contribution < -0.4 is 9.47 Å². The Morgan fingerprint density at radius 1 is 0.700 bits per heavy atom. The van der Waals surface area contributed by atoms with Crippen LogP contribution in [-0.2, 0) is 22.4 Å². The van der Waals surface area contributed by atoms with Gasteiger partial charge in [0.25, 0.3) is 0 Å². The molecule has 0 radical (unpaired) electrons. The van der Waals surface area contributed by atoms with Gasteiger partial charge in [0.1, 0.15) is 22.9 Å². The lowest BCUT2D eigenvalue weighted by atomic mass is 9.97. The van der Waals surface area contributed by atoms with Crippen LogP contribution in [0.25, 0.3) is 22.5 Å². The van der Waals surface area contributed by atoms with Gasteiger partial charge < -0.3 is 9.47 Å². The average Bonchev–Trinajstić information content (AvgIpc) is 2.73. The molecule has 1 heterocycles. The molecule has 0 saturated heterocycles. The zero-order chi connectivity index (χ0) is 21.1. The third-order valence-corrected chi connectivity index (χ3v) is 4.92. The fourth-order valence-electron chi connectivity index (χ4n) is 3.68. The summed E-state index contributed by atoms with van der Waals surface area (Å²) in [5.74, 6) is 0.0213. The highest BCUT2D eigenvalue weighted by Gasteiger charge is 2.23. The number of para-hydroxylation sites is 2. The second kappa shape index (κ2) is 8.45. The Bertz CT molecular complexity index is 1040. The summed E-state index contributed by atoms with van der Waals surface area (Å²) in [6.07, 6.45) is 3.85. The molecule has 30 heavy (non-hydrogen) atoms. The minimum absolute atomic E-state index is 0.407. The lowest BCUT2D eigenvalue weighted by molar-refractivity contribution is -0.132. The predicted octanol–water partition coefficient (Wildman–Crippen LogP) is 4.54. The molecule has 0 N–H and O–H groups in total. The van der Waals surface area contributed by atoms with Gasteiger partial charge in [-0.2, -0.15) is 0 Å². The van der Waals surface area contributed by atoms with E-state index in [1.165, 1.54) is 13.8 Å². The number of nitrogens with zero attached hydrogens (tertiary/aromatic N) is 2. The topological polar surface area (TPSA) is 78.4 Å². The van der Waals surface area contributed by atoms with Crippen LogP contribution in [0.5, 0.6) is 11.5 Å². The molecule has 1 aromatic heterocycles. The van der Waals surface area contributed by atoms with E-state index >= 15 is 0 Å².